The van der Waals surface area contributed by atoms with Gasteiger partial charge in [0.2, 0.25) is 0 Å². The normalized spacial score (nSPS) is 22.2. The largest absolute Gasteiger partial charge is 0.321 e. The molecule has 0 spiro atoms. The fourth-order valence-corrected chi connectivity index (χ4v) is 3.75. The first-order valence-electron chi connectivity index (χ1n) is 8.86. The van der Waals surface area contributed by atoms with Crippen LogP contribution in [0.15, 0.2) is 43.0 Å². The van der Waals surface area contributed by atoms with Gasteiger partial charge in [-0.15, -0.1) is 6.58 Å². The molecule has 132 valence electrons. The number of nitrogens with zero attached hydrogens (tertiary/aromatic N) is 2. The predicted octanol–water partition coefficient (Wildman–Crippen LogP) is 4.88. The van der Waals surface area contributed by atoms with Gasteiger partial charge < -0.3 is 9.80 Å². The van der Waals surface area contributed by atoms with Crippen LogP contribution in [0, 0.1) is 0 Å². The molecule has 0 aliphatic carbocycles. The van der Waals surface area contributed by atoms with Crippen LogP contribution in [0.25, 0.3) is 0 Å². The second kappa shape index (κ2) is 6.62. The van der Waals surface area contributed by atoms with Crippen LogP contribution in [0.1, 0.15) is 53.5 Å². The van der Waals surface area contributed by atoms with Crippen molar-refractivity contribution < 1.29 is 4.79 Å². The zero-order chi connectivity index (χ0) is 18.1. The Morgan fingerprint density at radius 1 is 1.00 bits per heavy atom. The molecule has 1 heterocycles. The Balaban J connectivity index is 2.33. The van der Waals surface area contributed by atoms with E-state index in [9.17, 15) is 4.79 Å². The first-order chi connectivity index (χ1) is 11.1. The lowest BCUT2D eigenvalue weighted by Crippen LogP contribution is -2.50. The van der Waals surface area contributed by atoms with Crippen LogP contribution < -0.4 is 0 Å². The third kappa shape index (κ3) is 3.66. The molecule has 3 heteroatoms. The molecule has 1 aromatic carbocycles. The second-order valence-corrected chi connectivity index (χ2v) is 8.68. The van der Waals surface area contributed by atoms with Crippen molar-refractivity contribution in [2.45, 2.75) is 77.5 Å². The lowest BCUT2D eigenvalue weighted by atomic mass is 9.94. The fraction of sp³-hybridized carbons (Fsp3) is 0.571. The minimum atomic E-state index is -0.221. The van der Waals surface area contributed by atoms with E-state index in [-0.39, 0.29) is 29.2 Å². The molecule has 1 aliphatic heterocycles. The standard InChI is InChI=1S/C21H32N2O/c1-8-17-18(15-14-16-12-10-9-11-13-16)23(21(5,6)7)19(24)22(17)20(2,3)4/h8-13,17-18H,1,14-15H2,2-7H3/t17-,18-/m0/s1. The van der Waals surface area contributed by atoms with E-state index in [4.69, 9.17) is 0 Å². The summed E-state index contributed by atoms with van der Waals surface area (Å²) >= 11 is 0. The van der Waals surface area contributed by atoms with Gasteiger partial charge in [0.15, 0.2) is 0 Å². The van der Waals surface area contributed by atoms with Crippen LogP contribution in [0.5, 0.6) is 0 Å². The van der Waals surface area contributed by atoms with Crippen molar-refractivity contribution in [1.29, 1.82) is 0 Å². The molecule has 2 amide bonds. The lowest BCUT2D eigenvalue weighted by Gasteiger charge is -2.37. The number of amides is 2. The van der Waals surface area contributed by atoms with E-state index in [1.165, 1.54) is 5.56 Å². The second-order valence-electron chi connectivity index (χ2n) is 8.68. The summed E-state index contributed by atoms with van der Waals surface area (Å²) in [6.45, 7) is 16.7. The summed E-state index contributed by atoms with van der Waals surface area (Å²) in [5.41, 5.74) is 0.886. The molecule has 0 N–H and O–H groups in total. The summed E-state index contributed by atoms with van der Waals surface area (Å²) in [4.78, 5) is 17.3. The smallest absolute Gasteiger partial charge is 0.314 e. The summed E-state index contributed by atoms with van der Waals surface area (Å²) in [5.74, 6) is 0. The Morgan fingerprint density at radius 2 is 1.54 bits per heavy atom. The van der Waals surface area contributed by atoms with Gasteiger partial charge in [0.1, 0.15) is 0 Å². The van der Waals surface area contributed by atoms with E-state index in [0.29, 0.717) is 0 Å². The minimum absolute atomic E-state index is 0.0421. The van der Waals surface area contributed by atoms with Crippen molar-refractivity contribution in [3.63, 3.8) is 0 Å². The highest BCUT2D eigenvalue weighted by atomic mass is 16.2. The number of benzene rings is 1. The molecular weight excluding hydrogens is 296 g/mol. The van der Waals surface area contributed by atoms with Gasteiger partial charge in [0.05, 0.1) is 12.1 Å². The molecule has 3 nitrogen and oxygen atoms in total. The number of hydrogen-bond donors (Lipinski definition) is 0. The molecule has 0 unspecified atom stereocenters. The quantitative estimate of drug-likeness (QED) is 0.723. The molecular formula is C21H32N2O. The van der Waals surface area contributed by atoms with Gasteiger partial charge in [-0.3, -0.25) is 0 Å². The summed E-state index contributed by atoms with van der Waals surface area (Å²) < 4.78 is 0. The van der Waals surface area contributed by atoms with Crippen molar-refractivity contribution in [3.8, 4) is 0 Å². The summed E-state index contributed by atoms with van der Waals surface area (Å²) in [5, 5.41) is 0. The van der Waals surface area contributed by atoms with Crippen molar-refractivity contribution in [2.24, 2.45) is 0 Å². The summed E-state index contributed by atoms with van der Waals surface area (Å²) in [6, 6.07) is 10.8. The van der Waals surface area contributed by atoms with Gasteiger partial charge >= 0.3 is 6.03 Å². The van der Waals surface area contributed by atoms with Gasteiger partial charge in [-0.1, -0.05) is 36.4 Å². The Labute approximate surface area is 147 Å². The number of hydrogen-bond acceptors (Lipinski definition) is 1. The predicted molar refractivity (Wildman–Crippen MR) is 101 cm³/mol. The highest BCUT2D eigenvalue weighted by Gasteiger charge is 2.51. The van der Waals surface area contributed by atoms with E-state index in [0.717, 1.165) is 12.8 Å². The van der Waals surface area contributed by atoms with E-state index >= 15 is 0 Å². The average molecular weight is 329 g/mol. The molecule has 1 aliphatic rings. The zero-order valence-corrected chi connectivity index (χ0v) is 16.0. The highest BCUT2D eigenvalue weighted by molar-refractivity contribution is 5.80. The maximum Gasteiger partial charge on any atom is 0.321 e. The lowest BCUT2D eigenvalue weighted by molar-refractivity contribution is 0.121. The van der Waals surface area contributed by atoms with Crippen molar-refractivity contribution in [1.82, 2.24) is 9.80 Å². The van der Waals surface area contributed by atoms with Crippen molar-refractivity contribution in [2.75, 3.05) is 0 Å². The van der Waals surface area contributed by atoms with E-state index in [1.54, 1.807) is 0 Å². The number of carbonyl (C=O) groups is 1. The monoisotopic (exact) mass is 328 g/mol. The zero-order valence-electron chi connectivity index (χ0n) is 16.0. The third-order valence-electron chi connectivity index (χ3n) is 4.69. The highest BCUT2D eigenvalue weighted by Crippen LogP contribution is 2.37. The van der Waals surface area contributed by atoms with Crippen LogP contribution in [0.3, 0.4) is 0 Å². The molecule has 2 rings (SSSR count). The van der Waals surface area contributed by atoms with Crippen LogP contribution in [0.2, 0.25) is 0 Å². The van der Waals surface area contributed by atoms with E-state index in [2.05, 4.69) is 77.3 Å². The van der Waals surface area contributed by atoms with Crippen LogP contribution in [0.4, 0.5) is 4.79 Å². The molecule has 2 atom stereocenters. The molecule has 0 radical (unpaired) electrons. The first-order valence-corrected chi connectivity index (χ1v) is 8.86. The molecule has 0 aromatic heterocycles. The van der Waals surface area contributed by atoms with Gasteiger partial charge in [-0.05, 0) is 59.9 Å². The molecule has 0 saturated carbocycles. The van der Waals surface area contributed by atoms with Gasteiger partial charge in [0.25, 0.3) is 0 Å². The Bertz CT molecular complexity index is 580. The van der Waals surface area contributed by atoms with Crippen molar-refractivity contribution in [3.05, 3.63) is 48.6 Å². The van der Waals surface area contributed by atoms with E-state index < -0.39 is 0 Å². The Hall–Kier alpha value is -1.77. The molecule has 0 bridgehead atoms. The number of rotatable bonds is 4. The van der Waals surface area contributed by atoms with Crippen LogP contribution >= 0.6 is 0 Å². The maximum absolute atomic E-state index is 13.2. The fourth-order valence-electron chi connectivity index (χ4n) is 3.75. The molecule has 1 fully saturated rings. The Kier molecular flexibility index (Phi) is 5.12. The van der Waals surface area contributed by atoms with Crippen molar-refractivity contribution >= 4 is 6.03 Å². The molecule has 1 saturated heterocycles. The minimum Gasteiger partial charge on any atom is -0.314 e. The summed E-state index contributed by atoms with van der Waals surface area (Å²) in [6.07, 6.45) is 3.86. The van der Waals surface area contributed by atoms with Gasteiger partial charge in [-0.25, -0.2) is 4.79 Å². The van der Waals surface area contributed by atoms with Crippen LogP contribution in [-0.2, 0) is 6.42 Å². The van der Waals surface area contributed by atoms with Crippen LogP contribution in [-0.4, -0.2) is 39.0 Å². The number of aryl methyl sites for hydroxylation is 1. The van der Waals surface area contributed by atoms with E-state index in [1.807, 2.05) is 17.0 Å². The first kappa shape index (κ1) is 18.6. The molecule has 24 heavy (non-hydrogen) atoms. The average Bonchev–Trinajstić information content (AvgIpc) is 2.77. The summed E-state index contributed by atoms with van der Waals surface area (Å²) in [7, 11) is 0. The van der Waals surface area contributed by atoms with Gasteiger partial charge in [0, 0.05) is 11.1 Å². The Morgan fingerprint density at radius 3 is 2.00 bits per heavy atom. The third-order valence-corrected chi connectivity index (χ3v) is 4.69. The topological polar surface area (TPSA) is 23.6 Å². The van der Waals surface area contributed by atoms with Gasteiger partial charge in [-0.2, -0.15) is 0 Å². The SMILES string of the molecule is C=C[C@H]1[C@H](CCc2ccccc2)N(C(C)(C)C)C(=O)N1C(C)(C)C. The number of carbonyl (C=O) groups excluding carboxylic acids is 1. The maximum atomic E-state index is 13.2. The molecule has 1 aromatic rings. The number of urea groups is 1.